The van der Waals surface area contributed by atoms with E-state index >= 15 is 0 Å². The lowest BCUT2D eigenvalue weighted by atomic mass is 10.1. The Bertz CT molecular complexity index is 412. The normalized spacial score (nSPS) is 12.0. The van der Waals surface area contributed by atoms with Crippen molar-refractivity contribution in [2.24, 2.45) is 5.73 Å². The molecule has 2 N–H and O–H groups in total. The van der Waals surface area contributed by atoms with Gasteiger partial charge in [-0.1, -0.05) is 19.1 Å². The van der Waals surface area contributed by atoms with Gasteiger partial charge in [0.15, 0.2) is 11.6 Å². The van der Waals surface area contributed by atoms with Gasteiger partial charge in [0.25, 0.3) is 0 Å². The number of carbonyl (C=O) groups is 1. The van der Waals surface area contributed by atoms with Gasteiger partial charge in [0.1, 0.15) is 6.61 Å². The van der Waals surface area contributed by atoms with E-state index in [0.29, 0.717) is 13.0 Å². The van der Waals surface area contributed by atoms with Gasteiger partial charge in [-0.15, -0.1) is 0 Å². The molecule has 106 valence electrons. The zero-order valence-corrected chi connectivity index (χ0v) is 11.4. The molecule has 0 aliphatic carbocycles. The SMILES string of the molecule is CCC(N)CC(=O)N(C)CCOc1ccccc1F. The molecule has 0 aromatic heterocycles. The topological polar surface area (TPSA) is 55.6 Å². The highest BCUT2D eigenvalue weighted by Gasteiger charge is 2.12. The van der Waals surface area contributed by atoms with Crippen molar-refractivity contribution in [3.8, 4) is 5.75 Å². The first kappa shape index (κ1) is 15.4. The predicted octanol–water partition coefficient (Wildman–Crippen LogP) is 1.79. The Morgan fingerprint density at radius 2 is 2.16 bits per heavy atom. The molecule has 1 aromatic rings. The lowest BCUT2D eigenvalue weighted by molar-refractivity contribution is -0.130. The number of halogens is 1. The average Bonchev–Trinajstić information content (AvgIpc) is 2.40. The van der Waals surface area contributed by atoms with Crippen LogP contribution in [-0.4, -0.2) is 37.0 Å². The third kappa shape index (κ3) is 5.26. The minimum absolute atomic E-state index is 0.0218. The van der Waals surface area contributed by atoms with Crippen molar-refractivity contribution in [3.05, 3.63) is 30.1 Å². The molecule has 0 radical (unpaired) electrons. The summed E-state index contributed by atoms with van der Waals surface area (Å²) in [5, 5.41) is 0. The van der Waals surface area contributed by atoms with Crippen molar-refractivity contribution in [1.29, 1.82) is 0 Å². The molecular formula is C14H21FN2O2. The Morgan fingerprint density at radius 1 is 1.47 bits per heavy atom. The fourth-order valence-electron chi connectivity index (χ4n) is 1.50. The summed E-state index contributed by atoms with van der Waals surface area (Å²) in [7, 11) is 1.69. The van der Waals surface area contributed by atoms with E-state index in [1.54, 1.807) is 30.1 Å². The maximum absolute atomic E-state index is 13.3. The average molecular weight is 268 g/mol. The van der Waals surface area contributed by atoms with Gasteiger partial charge >= 0.3 is 0 Å². The number of benzene rings is 1. The highest BCUT2D eigenvalue weighted by atomic mass is 19.1. The van der Waals surface area contributed by atoms with Gasteiger partial charge in [-0.2, -0.15) is 0 Å². The van der Waals surface area contributed by atoms with Gasteiger partial charge in [-0.25, -0.2) is 4.39 Å². The van der Waals surface area contributed by atoms with Crippen molar-refractivity contribution in [1.82, 2.24) is 4.90 Å². The second-order valence-corrected chi connectivity index (χ2v) is 4.47. The summed E-state index contributed by atoms with van der Waals surface area (Å²) in [5.41, 5.74) is 5.72. The van der Waals surface area contributed by atoms with Crippen LogP contribution in [0, 0.1) is 5.82 Å². The summed E-state index contributed by atoms with van der Waals surface area (Å²) >= 11 is 0. The van der Waals surface area contributed by atoms with Gasteiger partial charge < -0.3 is 15.4 Å². The van der Waals surface area contributed by atoms with Crippen LogP contribution in [0.2, 0.25) is 0 Å². The molecule has 1 amide bonds. The Morgan fingerprint density at radius 3 is 2.79 bits per heavy atom. The van der Waals surface area contributed by atoms with Crippen molar-refractivity contribution in [2.45, 2.75) is 25.8 Å². The molecule has 4 nitrogen and oxygen atoms in total. The number of amides is 1. The predicted molar refractivity (Wildman–Crippen MR) is 72.4 cm³/mol. The molecule has 1 aromatic carbocycles. The van der Waals surface area contributed by atoms with E-state index in [2.05, 4.69) is 0 Å². The van der Waals surface area contributed by atoms with Crippen LogP contribution in [0.15, 0.2) is 24.3 Å². The highest BCUT2D eigenvalue weighted by Crippen LogP contribution is 2.15. The van der Waals surface area contributed by atoms with Gasteiger partial charge in [0.2, 0.25) is 5.91 Å². The monoisotopic (exact) mass is 268 g/mol. The molecule has 0 fully saturated rings. The quantitative estimate of drug-likeness (QED) is 0.820. The summed E-state index contributed by atoms with van der Waals surface area (Å²) in [4.78, 5) is 13.3. The van der Waals surface area contributed by atoms with Crippen LogP contribution in [0.3, 0.4) is 0 Å². The van der Waals surface area contributed by atoms with E-state index < -0.39 is 5.82 Å². The van der Waals surface area contributed by atoms with Crippen LogP contribution in [0.25, 0.3) is 0 Å². The lowest BCUT2D eigenvalue weighted by Gasteiger charge is -2.19. The minimum atomic E-state index is -0.399. The second-order valence-electron chi connectivity index (χ2n) is 4.47. The van der Waals surface area contributed by atoms with Gasteiger partial charge in [-0.3, -0.25) is 4.79 Å². The van der Waals surface area contributed by atoms with Gasteiger partial charge in [0.05, 0.1) is 6.54 Å². The number of likely N-dealkylation sites (N-methyl/N-ethyl adjacent to an activating group) is 1. The Kier molecular flexibility index (Phi) is 6.29. The van der Waals surface area contributed by atoms with E-state index in [4.69, 9.17) is 10.5 Å². The molecule has 0 saturated carbocycles. The minimum Gasteiger partial charge on any atom is -0.489 e. The molecule has 0 saturated heterocycles. The molecule has 0 heterocycles. The standard InChI is InChI=1S/C14H21FN2O2/c1-3-11(16)10-14(18)17(2)8-9-19-13-7-5-4-6-12(13)15/h4-7,11H,3,8-10,16H2,1-2H3. The lowest BCUT2D eigenvalue weighted by Crippen LogP contribution is -2.35. The van der Waals surface area contributed by atoms with Crippen LogP contribution < -0.4 is 10.5 Å². The number of ether oxygens (including phenoxy) is 1. The fourth-order valence-corrected chi connectivity index (χ4v) is 1.50. The fraction of sp³-hybridized carbons (Fsp3) is 0.500. The number of carbonyl (C=O) groups excluding carboxylic acids is 1. The summed E-state index contributed by atoms with van der Waals surface area (Å²) in [6, 6.07) is 6.09. The van der Waals surface area contributed by atoms with Crippen LogP contribution >= 0.6 is 0 Å². The first-order valence-corrected chi connectivity index (χ1v) is 6.41. The Balaban J connectivity index is 2.33. The summed E-state index contributed by atoms with van der Waals surface area (Å²) in [6.07, 6.45) is 1.10. The Hall–Kier alpha value is -1.62. The van der Waals surface area contributed by atoms with Gasteiger partial charge in [0, 0.05) is 19.5 Å². The summed E-state index contributed by atoms with van der Waals surface area (Å²) < 4.78 is 18.6. The number of nitrogens with two attached hydrogens (primary N) is 1. The largest absolute Gasteiger partial charge is 0.489 e. The van der Waals surface area contributed by atoms with Gasteiger partial charge in [-0.05, 0) is 18.6 Å². The second kappa shape index (κ2) is 7.74. The van der Waals surface area contributed by atoms with Crippen molar-refractivity contribution >= 4 is 5.91 Å². The van der Waals surface area contributed by atoms with Crippen molar-refractivity contribution in [3.63, 3.8) is 0 Å². The van der Waals surface area contributed by atoms with E-state index in [1.807, 2.05) is 6.92 Å². The van der Waals surface area contributed by atoms with Crippen LogP contribution in [-0.2, 0) is 4.79 Å². The zero-order chi connectivity index (χ0) is 14.3. The van der Waals surface area contributed by atoms with Crippen molar-refractivity contribution < 1.29 is 13.9 Å². The first-order valence-electron chi connectivity index (χ1n) is 6.41. The maximum atomic E-state index is 13.3. The summed E-state index contributed by atoms with van der Waals surface area (Å²) in [5.74, 6) is -0.218. The smallest absolute Gasteiger partial charge is 0.223 e. The zero-order valence-electron chi connectivity index (χ0n) is 11.4. The third-order valence-corrected chi connectivity index (χ3v) is 2.91. The van der Waals surface area contributed by atoms with E-state index in [-0.39, 0.29) is 24.3 Å². The molecule has 1 atom stereocenters. The molecule has 1 rings (SSSR count). The molecule has 19 heavy (non-hydrogen) atoms. The maximum Gasteiger partial charge on any atom is 0.223 e. The molecule has 0 aliphatic rings. The van der Waals surface area contributed by atoms with Crippen molar-refractivity contribution in [2.75, 3.05) is 20.2 Å². The number of nitrogens with zero attached hydrogens (tertiary/aromatic N) is 1. The molecule has 0 bridgehead atoms. The first-order chi connectivity index (χ1) is 9.04. The molecule has 5 heteroatoms. The number of rotatable bonds is 7. The summed E-state index contributed by atoms with van der Waals surface area (Å²) in [6.45, 7) is 2.60. The number of hydrogen-bond donors (Lipinski definition) is 1. The third-order valence-electron chi connectivity index (χ3n) is 2.91. The number of hydrogen-bond acceptors (Lipinski definition) is 3. The molecule has 1 unspecified atom stereocenters. The van der Waals surface area contributed by atoms with E-state index in [0.717, 1.165) is 6.42 Å². The van der Waals surface area contributed by atoms with Crippen LogP contribution in [0.5, 0.6) is 5.75 Å². The Labute approximate surface area is 113 Å². The molecule has 0 spiro atoms. The highest BCUT2D eigenvalue weighted by molar-refractivity contribution is 5.76. The van der Waals surface area contributed by atoms with Crippen LogP contribution in [0.1, 0.15) is 19.8 Å². The van der Waals surface area contributed by atoms with E-state index in [9.17, 15) is 9.18 Å². The van der Waals surface area contributed by atoms with E-state index in [1.165, 1.54) is 6.07 Å². The molecule has 0 aliphatic heterocycles. The number of para-hydroxylation sites is 1. The van der Waals surface area contributed by atoms with Crippen LogP contribution in [0.4, 0.5) is 4.39 Å². The molecular weight excluding hydrogens is 247 g/mol.